The molecule has 0 saturated carbocycles. The van der Waals surface area contributed by atoms with Gasteiger partial charge in [0.1, 0.15) is 12.4 Å². The number of ether oxygens (including phenoxy) is 1. The average molecular weight is 406 g/mol. The number of hydrogen-bond donors (Lipinski definition) is 0. The van der Waals surface area contributed by atoms with Crippen LogP contribution in [0.2, 0.25) is 0 Å². The number of tetrazole rings is 1. The lowest BCUT2D eigenvalue weighted by molar-refractivity contribution is 0.0628. The van der Waals surface area contributed by atoms with Crippen molar-refractivity contribution in [3.63, 3.8) is 0 Å². The third-order valence-electron chi connectivity index (χ3n) is 5.26. The molecule has 3 aromatic rings. The molecule has 8 heteroatoms. The van der Waals surface area contributed by atoms with Gasteiger partial charge in [0, 0.05) is 44.8 Å². The molecule has 156 valence electrons. The Labute approximate surface area is 176 Å². The Balaban J connectivity index is 1.32. The van der Waals surface area contributed by atoms with E-state index >= 15 is 0 Å². The van der Waals surface area contributed by atoms with Gasteiger partial charge in [0.2, 0.25) is 0 Å². The van der Waals surface area contributed by atoms with Crippen molar-refractivity contribution < 1.29 is 9.53 Å². The summed E-state index contributed by atoms with van der Waals surface area (Å²) in [4.78, 5) is 17.3. The molecule has 0 radical (unpaired) electrons. The van der Waals surface area contributed by atoms with Gasteiger partial charge in [-0.15, -0.1) is 5.10 Å². The molecule has 0 N–H and O–H groups in total. The van der Waals surface area contributed by atoms with Crippen LogP contribution in [0, 0.1) is 0 Å². The van der Waals surface area contributed by atoms with E-state index < -0.39 is 0 Å². The first kappa shape index (κ1) is 20.0. The molecule has 1 amide bonds. The van der Waals surface area contributed by atoms with Gasteiger partial charge in [0.05, 0.1) is 0 Å². The number of hydrogen-bond acceptors (Lipinski definition) is 6. The van der Waals surface area contributed by atoms with Crippen molar-refractivity contribution in [2.24, 2.45) is 0 Å². The normalized spacial score (nSPS) is 14.6. The Morgan fingerprint density at radius 2 is 1.83 bits per heavy atom. The van der Waals surface area contributed by atoms with Gasteiger partial charge >= 0.3 is 0 Å². The molecule has 0 spiro atoms. The second kappa shape index (κ2) is 9.49. The standard InChI is InChI=1S/C22H26N6O2/c1-2-28-21(23-24-25-28)17-30-20-10-6-9-19(15-20)22(29)27-13-11-26(12-14-27)16-18-7-4-3-5-8-18/h3-10,15H,2,11-14,16-17H2,1H3. The first-order valence-corrected chi connectivity index (χ1v) is 10.3. The number of piperazine rings is 1. The monoisotopic (exact) mass is 406 g/mol. The minimum absolute atomic E-state index is 0.0400. The highest BCUT2D eigenvalue weighted by Crippen LogP contribution is 2.17. The highest BCUT2D eigenvalue weighted by atomic mass is 16.5. The first-order valence-electron chi connectivity index (χ1n) is 10.3. The highest BCUT2D eigenvalue weighted by Gasteiger charge is 2.22. The number of nitrogens with zero attached hydrogens (tertiary/aromatic N) is 6. The maximum Gasteiger partial charge on any atom is 0.254 e. The number of aryl methyl sites for hydroxylation is 1. The highest BCUT2D eigenvalue weighted by molar-refractivity contribution is 5.94. The van der Waals surface area contributed by atoms with E-state index in [-0.39, 0.29) is 12.5 Å². The third-order valence-corrected chi connectivity index (χ3v) is 5.26. The van der Waals surface area contributed by atoms with Gasteiger partial charge in [-0.2, -0.15) is 0 Å². The van der Waals surface area contributed by atoms with Crippen molar-refractivity contribution in [3.8, 4) is 5.75 Å². The van der Waals surface area contributed by atoms with Crippen LogP contribution >= 0.6 is 0 Å². The molecule has 1 fully saturated rings. The Hall–Kier alpha value is -3.26. The quantitative estimate of drug-likeness (QED) is 0.599. The largest absolute Gasteiger partial charge is 0.486 e. The minimum Gasteiger partial charge on any atom is -0.486 e. The molecular weight excluding hydrogens is 380 g/mol. The SMILES string of the molecule is CCn1nnnc1COc1cccc(C(=O)N2CCN(Cc3ccccc3)CC2)c1. The van der Waals surface area contributed by atoms with E-state index in [9.17, 15) is 4.79 Å². The summed E-state index contributed by atoms with van der Waals surface area (Å²) in [5.74, 6) is 1.33. The zero-order valence-electron chi connectivity index (χ0n) is 17.1. The van der Waals surface area contributed by atoms with Gasteiger partial charge in [0.15, 0.2) is 5.82 Å². The molecule has 1 aliphatic rings. The number of carbonyl (C=O) groups is 1. The molecule has 2 aromatic carbocycles. The van der Waals surface area contributed by atoms with E-state index in [2.05, 4.69) is 44.7 Å². The molecule has 30 heavy (non-hydrogen) atoms. The zero-order chi connectivity index (χ0) is 20.8. The molecule has 0 aliphatic carbocycles. The fraction of sp³-hybridized carbons (Fsp3) is 0.364. The number of rotatable bonds is 7. The maximum atomic E-state index is 13.0. The van der Waals surface area contributed by atoms with Crippen LogP contribution in [0.25, 0.3) is 0 Å². The van der Waals surface area contributed by atoms with E-state index in [1.807, 2.05) is 36.1 Å². The van der Waals surface area contributed by atoms with Gasteiger partial charge in [-0.1, -0.05) is 36.4 Å². The summed E-state index contributed by atoms with van der Waals surface area (Å²) in [5, 5.41) is 11.5. The van der Waals surface area contributed by atoms with Crippen LogP contribution in [0.3, 0.4) is 0 Å². The van der Waals surface area contributed by atoms with Crippen molar-refractivity contribution in [2.75, 3.05) is 26.2 Å². The number of aromatic nitrogens is 4. The van der Waals surface area contributed by atoms with Crippen LogP contribution in [0.15, 0.2) is 54.6 Å². The third kappa shape index (κ3) is 4.83. The van der Waals surface area contributed by atoms with Crippen LogP contribution in [0.4, 0.5) is 0 Å². The summed E-state index contributed by atoms with van der Waals surface area (Å²) in [6.45, 7) is 7.02. The topological polar surface area (TPSA) is 76.4 Å². The molecule has 1 aliphatic heterocycles. The Kier molecular flexibility index (Phi) is 6.34. The van der Waals surface area contributed by atoms with Crippen molar-refractivity contribution in [3.05, 3.63) is 71.5 Å². The summed E-state index contributed by atoms with van der Waals surface area (Å²) in [6.07, 6.45) is 0. The Morgan fingerprint density at radius 3 is 2.60 bits per heavy atom. The smallest absolute Gasteiger partial charge is 0.254 e. The number of amides is 1. The molecule has 1 aromatic heterocycles. The molecule has 1 saturated heterocycles. The summed E-state index contributed by atoms with van der Waals surface area (Å²) in [7, 11) is 0. The van der Waals surface area contributed by atoms with Crippen LogP contribution in [-0.4, -0.2) is 62.1 Å². The van der Waals surface area contributed by atoms with Crippen LogP contribution in [-0.2, 0) is 19.7 Å². The zero-order valence-corrected chi connectivity index (χ0v) is 17.1. The van der Waals surface area contributed by atoms with Crippen LogP contribution in [0.1, 0.15) is 28.7 Å². The Bertz CT molecular complexity index is 967. The molecule has 0 unspecified atom stereocenters. The van der Waals surface area contributed by atoms with Gasteiger partial charge in [-0.25, -0.2) is 4.68 Å². The van der Waals surface area contributed by atoms with Crippen molar-refractivity contribution in [2.45, 2.75) is 26.6 Å². The van der Waals surface area contributed by atoms with Gasteiger partial charge in [-0.3, -0.25) is 9.69 Å². The van der Waals surface area contributed by atoms with Crippen LogP contribution in [0.5, 0.6) is 5.75 Å². The average Bonchev–Trinajstić information content (AvgIpc) is 3.26. The van der Waals surface area contributed by atoms with E-state index in [1.54, 1.807) is 10.7 Å². The van der Waals surface area contributed by atoms with E-state index in [0.717, 1.165) is 32.7 Å². The molecule has 0 bridgehead atoms. The molecule has 2 heterocycles. The molecular formula is C22H26N6O2. The summed E-state index contributed by atoms with van der Waals surface area (Å²) < 4.78 is 7.50. The first-order chi connectivity index (χ1) is 14.7. The summed E-state index contributed by atoms with van der Waals surface area (Å²) in [6, 6.07) is 17.7. The summed E-state index contributed by atoms with van der Waals surface area (Å²) in [5.41, 5.74) is 1.94. The molecule has 8 nitrogen and oxygen atoms in total. The fourth-order valence-electron chi connectivity index (χ4n) is 3.57. The van der Waals surface area contributed by atoms with E-state index in [4.69, 9.17) is 4.74 Å². The van der Waals surface area contributed by atoms with Crippen molar-refractivity contribution >= 4 is 5.91 Å². The lowest BCUT2D eigenvalue weighted by Crippen LogP contribution is -2.48. The van der Waals surface area contributed by atoms with Gasteiger partial charge in [0.25, 0.3) is 5.91 Å². The minimum atomic E-state index is 0.0400. The predicted octanol–water partition coefficient (Wildman–Crippen LogP) is 2.23. The molecule has 4 rings (SSSR count). The molecule has 0 atom stereocenters. The van der Waals surface area contributed by atoms with Crippen molar-refractivity contribution in [1.82, 2.24) is 30.0 Å². The van der Waals surface area contributed by atoms with Gasteiger partial charge in [-0.05, 0) is 41.1 Å². The summed E-state index contributed by atoms with van der Waals surface area (Å²) >= 11 is 0. The maximum absolute atomic E-state index is 13.0. The van der Waals surface area contributed by atoms with E-state index in [1.165, 1.54) is 5.56 Å². The lowest BCUT2D eigenvalue weighted by Gasteiger charge is -2.34. The number of carbonyl (C=O) groups excluding carboxylic acids is 1. The van der Waals surface area contributed by atoms with E-state index in [0.29, 0.717) is 23.7 Å². The second-order valence-corrected chi connectivity index (χ2v) is 7.28. The van der Waals surface area contributed by atoms with Gasteiger partial charge < -0.3 is 9.64 Å². The fourth-order valence-corrected chi connectivity index (χ4v) is 3.57. The Morgan fingerprint density at radius 1 is 1.03 bits per heavy atom. The van der Waals surface area contributed by atoms with Crippen LogP contribution < -0.4 is 4.74 Å². The number of benzene rings is 2. The second-order valence-electron chi connectivity index (χ2n) is 7.28. The lowest BCUT2D eigenvalue weighted by atomic mass is 10.1. The predicted molar refractivity (Wildman–Crippen MR) is 112 cm³/mol. The van der Waals surface area contributed by atoms with Crippen molar-refractivity contribution in [1.29, 1.82) is 0 Å².